The van der Waals surface area contributed by atoms with Crippen molar-refractivity contribution in [2.24, 2.45) is 5.14 Å². The number of rotatable bonds is 3. The first-order valence-electron chi connectivity index (χ1n) is 5.42. The van der Waals surface area contributed by atoms with Crippen molar-refractivity contribution in [3.63, 3.8) is 0 Å². The second-order valence-electron chi connectivity index (χ2n) is 4.05. The summed E-state index contributed by atoms with van der Waals surface area (Å²) in [5, 5.41) is 9.03. The number of primary sulfonamides is 1. The molecule has 0 bridgehead atoms. The molecule has 0 saturated heterocycles. The minimum absolute atomic E-state index is 0.0515. The number of nitrogens with one attached hydrogen (secondary N) is 1. The molecule has 8 heteroatoms. The Hall–Kier alpha value is -1.47. The molecule has 0 heterocycles. The van der Waals surface area contributed by atoms with Gasteiger partial charge in [0.05, 0.1) is 16.4 Å². The van der Waals surface area contributed by atoms with Crippen molar-refractivity contribution in [1.29, 1.82) is 0 Å². The molecule has 0 saturated carbocycles. The van der Waals surface area contributed by atoms with Gasteiger partial charge in [0.1, 0.15) is 4.90 Å². The third-order valence-electron chi connectivity index (χ3n) is 2.52. The average molecular weight is 332 g/mol. The molecule has 0 aromatic heterocycles. The van der Waals surface area contributed by atoms with E-state index in [1.165, 1.54) is 18.2 Å². The van der Waals surface area contributed by atoms with Gasteiger partial charge < -0.3 is 11.1 Å². The summed E-state index contributed by atoms with van der Waals surface area (Å²) in [5.74, 6) is 0. The highest BCUT2D eigenvalue weighted by Crippen LogP contribution is 2.30. The van der Waals surface area contributed by atoms with Gasteiger partial charge in [-0.3, -0.25) is 0 Å². The van der Waals surface area contributed by atoms with Gasteiger partial charge in [-0.15, -0.1) is 0 Å². The molecule has 0 radical (unpaired) electrons. The van der Waals surface area contributed by atoms with Gasteiger partial charge in [-0.25, -0.2) is 13.6 Å². The van der Waals surface area contributed by atoms with Crippen molar-refractivity contribution in [3.8, 4) is 0 Å². The summed E-state index contributed by atoms with van der Waals surface area (Å²) in [7, 11) is -3.84. The Bertz CT molecular complexity index is 763. The van der Waals surface area contributed by atoms with Crippen molar-refractivity contribution in [1.82, 2.24) is 0 Å². The number of hydrogen-bond donors (Lipinski definition) is 3. The summed E-state index contributed by atoms with van der Waals surface area (Å²) in [5.41, 5.74) is 6.88. The van der Waals surface area contributed by atoms with Crippen molar-refractivity contribution < 1.29 is 8.42 Å². The summed E-state index contributed by atoms with van der Waals surface area (Å²) in [6.45, 7) is 0. The van der Waals surface area contributed by atoms with E-state index in [2.05, 4.69) is 5.32 Å². The fraction of sp³-hybridized carbons (Fsp3) is 0. The first-order valence-corrected chi connectivity index (χ1v) is 7.72. The van der Waals surface area contributed by atoms with Crippen LogP contribution in [-0.4, -0.2) is 8.42 Å². The molecule has 5 N–H and O–H groups in total. The van der Waals surface area contributed by atoms with Gasteiger partial charge in [0.15, 0.2) is 0 Å². The lowest BCUT2D eigenvalue weighted by Gasteiger charge is -2.11. The molecule has 2 rings (SSSR count). The van der Waals surface area contributed by atoms with E-state index < -0.39 is 10.0 Å². The molecule has 0 aliphatic rings. The van der Waals surface area contributed by atoms with Crippen molar-refractivity contribution >= 4 is 50.3 Å². The minimum Gasteiger partial charge on any atom is -0.398 e. The maximum atomic E-state index is 11.3. The predicted octanol–water partition coefficient (Wildman–Crippen LogP) is 2.97. The Labute approximate surface area is 126 Å². The Morgan fingerprint density at radius 2 is 1.75 bits per heavy atom. The molecule has 0 unspecified atom stereocenters. The Kier molecular flexibility index (Phi) is 4.10. The standard InChI is InChI=1S/C12H11Cl2N3O2S/c13-7-1-3-9(14)11(5-7)17-8-2-4-12(10(15)6-8)20(16,18)19/h1-6,17H,15H2,(H2,16,18,19). The number of nitrogens with two attached hydrogens (primary N) is 2. The molecular weight excluding hydrogens is 321 g/mol. The van der Waals surface area contributed by atoms with Crippen LogP contribution in [0.25, 0.3) is 0 Å². The zero-order valence-electron chi connectivity index (χ0n) is 10.1. The molecule has 106 valence electrons. The van der Waals surface area contributed by atoms with Crippen LogP contribution in [0.2, 0.25) is 10.0 Å². The second-order valence-corrected chi connectivity index (χ2v) is 6.42. The normalized spacial score (nSPS) is 11.3. The molecule has 0 fully saturated rings. The van der Waals surface area contributed by atoms with E-state index >= 15 is 0 Å². The SMILES string of the molecule is Nc1cc(Nc2cc(Cl)ccc2Cl)ccc1S(N)(=O)=O. The largest absolute Gasteiger partial charge is 0.398 e. The van der Waals surface area contributed by atoms with Crippen molar-refractivity contribution in [2.75, 3.05) is 11.1 Å². The highest BCUT2D eigenvalue weighted by Gasteiger charge is 2.12. The molecule has 0 aliphatic carbocycles. The summed E-state index contributed by atoms with van der Waals surface area (Å²) in [4.78, 5) is -0.125. The number of halogens is 2. The van der Waals surface area contributed by atoms with Crippen LogP contribution in [0.5, 0.6) is 0 Å². The lowest BCUT2D eigenvalue weighted by atomic mass is 10.2. The van der Waals surface area contributed by atoms with Gasteiger partial charge in [-0.05, 0) is 36.4 Å². The number of anilines is 3. The van der Waals surface area contributed by atoms with Gasteiger partial charge in [0.25, 0.3) is 0 Å². The molecule has 0 spiro atoms. The van der Waals surface area contributed by atoms with Gasteiger partial charge in [0.2, 0.25) is 10.0 Å². The number of sulfonamides is 1. The number of nitrogen functional groups attached to an aromatic ring is 1. The molecule has 0 atom stereocenters. The third-order valence-corrected chi connectivity index (χ3v) is 4.07. The lowest BCUT2D eigenvalue weighted by Crippen LogP contribution is -2.14. The Morgan fingerprint density at radius 1 is 1.05 bits per heavy atom. The number of benzene rings is 2. The van der Waals surface area contributed by atoms with E-state index in [1.54, 1.807) is 18.2 Å². The van der Waals surface area contributed by atoms with Crippen LogP contribution >= 0.6 is 23.2 Å². The molecule has 0 aliphatic heterocycles. The van der Waals surface area contributed by atoms with Crippen LogP contribution in [0, 0.1) is 0 Å². The topological polar surface area (TPSA) is 98.2 Å². The molecule has 2 aromatic carbocycles. The van der Waals surface area contributed by atoms with E-state index in [0.717, 1.165) is 0 Å². The van der Waals surface area contributed by atoms with E-state index in [-0.39, 0.29) is 10.6 Å². The first-order chi connectivity index (χ1) is 9.27. The quantitative estimate of drug-likeness (QED) is 0.753. The smallest absolute Gasteiger partial charge is 0.240 e. The van der Waals surface area contributed by atoms with Crippen LogP contribution in [0.15, 0.2) is 41.3 Å². The zero-order chi connectivity index (χ0) is 14.9. The van der Waals surface area contributed by atoms with Crippen LogP contribution in [0.4, 0.5) is 17.1 Å². The maximum absolute atomic E-state index is 11.3. The van der Waals surface area contributed by atoms with Crippen molar-refractivity contribution in [2.45, 2.75) is 4.90 Å². The van der Waals surface area contributed by atoms with E-state index in [9.17, 15) is 8.42 Å². The van der Waals surface area contributed by atoms with Crippen LogP contribution < -0.4 is 16.2 Å². The van der Waals surface area contributed by atoms with E-state index in [1.807, 2.05) is 0 Å². The van der Waals surface area contributed by atoms with Gasteiger partial charge in [0, 0.05) is 10.7 Å². The monoisotopic (exact) mass is 331 g/mol. The molecule has 20 heavy (non-hydrogen) atoms. The predicted molar refractivity (Wildman–Crippen MR) is 82.0 cm³/mol. The van der Waals surface area contributed by atoms with Gasteiger partial charge in [-0.2, -0.15) is 0 Å². The number of hydrogen-bond acceptors (Lipinski definition) is 4. The third kappa shape index (κ3) is 3.34. The van der Waals surface area contributed by atoms with Crippen LogP contribution in [0.3, 0.4) is 0 Å². The van der Waals surface area contributed by atoms with Crippen LogP contribution in [-0.2, 0) is 10.0 Å². The second kappa shape index (κ2) is 5.49. The fourth-order valence-electron chi connectivity index (χ4n) is 1.63. The van der Waals surface area contributed by atoms with E-state index in [0.29, 0.717) is 21.4 Å². The highest BCUT2D eigenvalue weighted by atomic mass is 35.5. The molecule has 2 aromatic rings. The first kappa shape index (κ1) is 14.9. The Balaban J connectivity index is 2.36. The summed E-state index contributed by atoms with van der Waals surface area (Å²) < 4.78 is 22.5. The van der Waals surface area contributed by atoms with Gasteiger partial charge in [-0.1, -0.05) is 23.2 Å². The summed E-state index contributed by atoms with van der Waals surface area (Å²) in [6, 6.07) is 9.27. The minimum atomic E-state index is -3.84. The molecular formula is C12H11Cl2N3O2S. The maximum Gasteiger partial charge on any atom is 0.240 e. The highest BCUT2D eigenvalue weighted by molar-refractivity contribution is 7.89. The van der Waals surface area contributed by atoms with Crippen LogP contribution in [0.1, 0.15) is 0 Å². The molecule has 0 amide bonds. The summed E-state index contributed by atoms with van der Waals surface area (Å²) >= 11 is 11.9. The fourth-order valence-corrected chi connectivity index (χ4v) is 2.62. The lowest BCUT2D eigenvalue weighted by molar-refractivity contribution is 0.598. The van der Waals surface area contributed by atoms with Gasteiger partial charge >= 0.3 is 0 Å². The average Bonchev–Trinajstić information content (AvgIpc) is 2.32. The molecule has 5 nitrogen and oxygen atoms in total. The summed E-state index contributed by atoms with van der Waals surface area (Å²) in [6.07, 6.45) is 0. The van der Waals surface area contributed by atoms with E-state index in [4.69, 9.17) is 34.1 Å². The van der Waals surface area contributed by atoms with Crippen molar-refractivity contribution in [3.05, 3.63) is 46.4 Å². The zero-order valence-corrected chi connectivity index (χ0v) is 12.4. The Morgan fingerprint density at radius 3 is 2.35 bits per heavy atom.